The van der Waals surface area contributed by atoms with Crippen LogP contribution in [-0.4, -0.2) is 39.0 Å². The van der Waals surface area contributed by atoms with Gasteiger partial charge in [0.1, 0.15) is 24.1 Å². The molecule has 1 saturated heterocycles. The van der Waals surface area contributed by atoms with Crippen molar-refractivity contribution in [3.8, 4) is 0 Å². The molecular formula is C32H37FO4Si. The quantitative estimate of drug-likeness (QED) is 0.338. The molecule has 4 nitrogen and oxygen atoms in total. The lowest BCUT2D eigenvalue weighted by molar-refractivity contribution is -0.154. The van der Waals surface area contributed by atoms with E-state index in [0.717, 1.165) is 15.9 Å². The summed E-state index contributed by atoms with van der Waals surface area (Å²) in [5.41, 5.74) is 1.51. The summed E-state index contributed by atoms with van der Waals surface area (Å²) in [7, 11) is -3.03. The molecule has 3 aromatic carbocycles. The molecule has 2 aliphatic rings. The molecule has 200 valence electrons. The zero-order chi connectivity index (χ0) is 27.0. The van der Waals surface area contributed by atoms with Gasteiger partial charge in [-0.15, -0.1) is 0 Å². The van der Waals surface area contributed by atoms with E-state index in [-0.39, 0.29) is 17.5 Å². The van der Waals surface area contributed by atoms with Crippen LogP contribution in [0.1, 0.15) is 40.2 Å². The largest absolute Gasteiger partial charge is 0.395 e. The first kappa shape index (κ1) is 27.0. The average molecular weight is 533 g/mol. The maximum absolute atomic E-state index is 16.4. The number of benzene rings is 3. The normalized spacial score (nSPS) is 23.1. The predicted octanol–water partition coefficient (Wildman–Crippen LogP) is 5.91. The first-order valence-corrected chi connectivity index (χ1v) is 15.2. The summed E-state index contributed by atoms with van der Waals surface area (Å²) in [6.07, 6.45) is -2.06. The van der Waals surface area contributed by atoms with Crippen molar-refractivity contribution in [1.29, 1.82) is 0 Å². The van der Waals surface area contributed by atoms with Crippen LogP contribution in [0, 0.1) is 0 Å². The fraction of sp³-hybridized carbons (Fsp3) is 0.375. The Balaban J connectivity index is 1.54. The molecule has 38 heavy (non-hydrogen) atoms. The molecule has 0 radical (unpaired) electrons. The summed E-state index contributed by atoms with van der Waals surface area (Å²) in [5.74, 6) is -1.19. The van der Waals surface area contributed by atoms with Crippen LogP contribution >= 0.6 is 0 Å². The highest BCUT2D eigenvalue weighted by Gasteiger charge is 2.59. The Labute approximate surface area is 226 Å². The van der Waals surface area contributed by atoms with Crippen molar-refractivity contribution >= 4 is 18.7 Å². The highest BCUT2D eigenvalue weighted by molar-refractivity contribution is 6.99. The van der Waals surface area contributed by atoms with E-state index in [4.69, 9.17) is 18.6 Å². The van der Waals surface area contributed by atoms with Gasteiger partial charge in [0, 0.05) is 5.57 Å². The minimum absolute atomic E-state index is 0.113. The van der Waals surface area contributed by atoms with Crippen molar-refractivity contribution in [1.82, 2.24) is 0 Å². The van der Waals surface area contributed by atoms with Crippen molar-refractivity contribution in [3.63, 3.8) is 0 Å². The fourth-order valence-electron chi connectivity index (χ4n) is 5.75. The molecule has 0 bridgehead atoms. The molecule has 1 heterocycles. The molecule has 0 saturated carbocycles. The first-order chi connectivity index (χ1) is 18.1. The zero-order valence-electron chi connectivity index (χ0n) is 22.8. The van der Waals surface area contributed by atoms with Gasteiger partial charge in [-0.2, -0.15) is 0 Å². The monoisotopic (exact) mass is 532 g/mol. The number of fused-ring (bicyclic) bond motifs is 1. The average Bonchev–Trinajstić information content (AvgIpc) is 3.33. The molecular weight excluding hydrogens is 495 g/mol. The van der Waals surface area contributed by atoms with E-state index in [1.165, 1.54) is 0 Å². The number of halogens is 1. The first-order valence-electron chi connectivity index (χ1n) is 13.3. The SMILES string of the molecule is CC1(C)O[C@@H]2[C@H](O1)C(COCc1ccccc1)=C(F)[C@@H]2O[Si](c1ccccc1)(c1ccccc1)C(C)(C)C. The third kappa shape index (κ3) is 5.04. The smallest absolute Gasteiger partial charge is 0.262 e. The summed E-state index contributed by atoms with van der Waals surface area (Å²) in [6, 6.07) is 30.4. The highest BCUT2D eigenvalue weighted by Crippen LogP contribution is 2.47. The third-order valence-corrected chi connectivity index (χ3v) is 12.4. The predicted molar refractivity (Wildman–Crippen MR) is 151 cm³/mol. The lowest BCUT2D eigenvalue weighted by Gasteiger charge is -2.45. The molecule has 3 atom stereocenters. The number of hydrogen-bond acceptors (Lipinski definition) is 4. The molecule has 0 amide bonds. The molecule has 5 rings (SSSR count). The Morgan fingerprint density at radius 2 is 1.32 bits per heavy atom. The van der Waals surface area contributed by atoms with Gasteiger partial charge in [0.2, 0.25) is 0 Å². The molecule has 1 fully saturated rings. The maximum Gasteiger partial charge on any atom is 0.262 e. The van der Waals surface area contributed by atoms with Crippen LogP contribution in [0.2, 0.25) is 5.04 Å². The molecule has 0 aromatic heterocycles. The van der Waals surface area contributed by atoms with Gasteiger partial charge in [-0.1, -0.05) is 112 Å². The Bertz CT molecular complexity index is 1220. The lowest BCUT2D eigenvalue weighted by atomic mass is 10.1. The summed E-state index contributed by atoms with van der Waals surface area (Å²) in [6.45, 7) is 10.8. The van der Waals surface area contributed by atoms with Crippen molar-refractivity contribution < 1.29 is 23.0 Å². The summed E-state index contributed by atoms with van der Waals surface area (Å²) in [4.78, 5) is 0. The molecule has 0 spiro atoms. The van der Waals surface area contributed by atoms with Gasteiger partial charge in [-0.25, -0.2) is 4.39 Å². The van der Waals surface area contributed by atoms with E-state index < -0.39 is 32.4 Å². The van der Waals surface area contributed by atoms with E-state index >= 15 is 4.39 Å². The molecule has 1 aliphatic carbocycles. The highest BCUT2D eigenvalue weighted by atomic mass is 28.4. The van der Waals surface area contributed by atoms with Gasteiger partial charge < -0.3 is 18.6 Å². The van der Waals surface area contributed by atoms with Crippen LogP contribution in [0.4, 0.5) is 4.39 Å². The van der Waals surface area contributed by atoms with Gasteiger partial charge >= 0.3 is 0 Å². The Morgan fingerprint density at radius 1 is 0.789 bits per heavy atom. The van der Waals surface area contributed by atoms with E-state index in [1.54, 1.807) is 0 Å². The van der Waals surface area contributed by atoms with Crippen LogP contribution in [0.3, 0.4) is 0 Å². The second kappa shape index (κ2) is 10.5. The number of rotatable bonds is 8. The van der Waals surface area contributed by atoms with E-state index in [2.05, 4.69) is 45.0 Å². The maximum atomic E-state index is 16.4. The van der Waals surface area contributed by atoms with E-state index in [1.807, 2.05) is 80.6 Å². The third-order valence-electron chi connectivity index (χ3n) is 7.42. The van der Waals surface area contributed by atoms with E-state index in [0.29, 0.717) is 12.2 Å². The Hall–Kier alpha value is -2.61. The van der Waals surface area contributed by atoms with Crippen LogP contribution in [0.5, 0.6) is 0 Å². The van der Waals surface area contributed by atoms with Gasteiger partial charge in [0.25, 0.3) is 8.32 Å². The summed E-state index contributed by atoms with van der Waals surface area (Å²) >= 11 is 0. The zero-order valence-corrected chi connectivity index (χ0v) is 23.8. The number of hydrogen-bond donors (Lipinski definition) is 0. The van der Waals surface area contributed by atoms with Gasteiger partial charge in [-0.3, -0.25) is 0 Å². The molecule has 3 aromatic rings. The topological polar surface area (TPSA) is 36.9 Å². The second-order valence-corrected chi connectivity index (χ2v) is 15.8. The number of ether oxygens (including phenoxy) is 3. The molecule has 1 aliphatic heterocycles. The van der Waals surface area contributed by atoms with Crippen molar-refractivity contribution in [2.45, 2.75) is 70.4 Å². The minimum atomic E-state index is -3.03. The van der Waals surface area contributed by atoms with Gasteiger partial charge in [-0.05, 0) is 34.8 Å². The molecule has 0 N–H and O–H groups in total. The standard InChI is InChI=1S/C32H37FO4Si/c1-31(2,3)38(24-17-11-7-12-18-24,25-19-13-8-14-20-25)37-29-27(33)26(28-30(29)36-32(4,5)35-28)22-34-21-23-15-9-6-10-16-23/h6-20,28-30H,21-22H2,1-5H3/t28-,29+,30-/m1/s1. The van der Waals surface area contributed by atoms with Crippen LogP contribution in [-0.2, 0) is 25.2 Å². The van der Waals surface area contributed by atoms with Gasteiger partial charge in [0.15, 0.2) is 5.79 Å². The van der Waals surface area contributed by atoms with Crippen LogP contribution in [0.25, 0.3) is 0 Å². The molecule has 0 unspecified atom stereocenters. The Morgan fingerprint density at radius 3 is 1.84 bits per heavy atom. The van der Waals surface area contributed by atoms with Crippen molar-refractivity contribution in [2.75, 3.05) is 6.61 Å². The fourth-order valence-corrected chi connectivity index (χ4v) is 10.4. The summed E-state index contributed by atoms with van der Waals surface area (Å²) in [5, 5.41) is 1.89. The Kier molecular flexibility index (Phi) is 7.46. The summed E-state index contributed by atoms with van der Waals surface area (Å²) < 4.78 is 42.2. The minimum Gasteiger partial charge on any atom is -0.395 e. The van der Waals surface area contributed by atoms with Crippen LogP contribution < -0.4 is 10.4 Å². The van der Waals surface area contributed by atoms with Gasteiger partial charge in [0.05, 0.1) is 13.2 Å². The van der Waals surface area contributed by atoms with E-state index in [9.17, 15) is 0 Å². The molecule has 6 heteroatoms. The van der Waals surface area contributed by atoms with Crippen LogP contribution in [0.15, 0.2) is 102 Å². The van der Waals surface area contributed by atoms with Crippen molar-refractivity contribution in [3.05, 3.63) is 108 Å². The lowest BCUT2D eigenvalue weighted by Crippen LogP contribution is -2.68. The second-order valence-electron chi connectivity index (χ2n) is 11.6. The van der Waals surface area contributed by atoms with Crippen molar-refractivity contribution in [2.24, 2.45) is 0 Å².